The van der Waals surface area contributed by atoms with E-state index < -0.39 is 10.2 Å². The molecule has 0 fully saturated rings. The van der Waals surface area contributed by atoms with Crippen LogP contribution < -0.4 is 0 Å². The van der Waals surface area contributed by atoms with Gasteiger partial charge >= 0.3 is 0 Å². The first-order chi connectivity index (χ1) is 8.65. The average molecular weight is 284 g/mol. The van der Waals surface area contributed by atoms with Gasteiger partial charge in [-0.2, -0.15) is 10.2 Å². The Labute approximate surface area is 123 Å². The van der Waals surface area contributed by atoms with Gasteiger partial charge in [-0.15, -0.1) is 0 Å². The molecule has 0 amide bonds. The predicted molar refractivity (Wildman–Crippen MR) is 93.0 cm³/mol. The lowest BCUT2D eigenvalue weighted by Crippen LogP contribution is -2.48. The maximum Gasteiger partial charge on any atom is 0.245 e. The molecule has 0 aromatic rings. The van der Waals surface area contributed by atoms with Crippen LogP contribution in [0.5, 0.6) is 0 Å². The van der Waals surface area contributed by atoms with Crippen molar-refractivity contribution in [1.82, 2.24) is 9.12 Å². The van der Waals surface area contributed by atoms with Gasteiger partial charge in [0.2, 0.25) is 6.85 Å². The summed E-state index contributed by atoms with van der Waals surface area (Å²) in [5, 5.41) is 2.52. The molecule has 0 radical (unpaired) electrons. The summed E-state index contributed by atoms with van der Waals surface area (Å²) >= 11 is 0. The van der Waals surface area contributed by atoms with Crippen molar-refractivity contribution in [2.75, 3.05) is 32.5 Å². The zero-order chi connectivity index (χ0) is 14.8. The fourth-order valence-electron chi connectivity index (χ4n) is 3.34. The third-order valence-corrected chi connectivity index (χ3v) is 6.79. The van der Waals surface area contributed by atoms with E-state index in [4.69, 9.17) is 0 Å². The van der Waals surface area contributed by atoms with E-state index in [1.807, 2.05) is 0 Å². The Morgan fingerprint density at radius 3 is 2.26 bits per heavy atom. The van der Waals surface area contributed by atoms with Gasteiger partial charge in [-0.1, -0.05) is 40.6 Å². The molecule has 112 valence electrons. The summed E-state index contributed by atoms with van der Waals surface area (Å²) in [4.78, 5) is 2.51. The molecule has 1 unspecified atom stereocenters. The molecule has 1 atom stereocenters. The SMILES string of the molecule is CB1CN(C)CC(C(C)C)C=CS(C)(C)N1C(C)C. The fraction of sp³-hybridized carbons (Fsp3) is 0.867. The van der Waals surface area contributed by atoms with Crippen molar-refractivity contribution in [2.24, 2.45) is 11.8 Å². The smallest absolute Gasteiger partial charge is 0.245 e. The Morgan fingerprint density at radius 1 is 1.21 bits per heavy atom. The van der Waals surface area contributed by atoms with Crippen LogP contribution >= 0.6 is 10.2 Å². The van der Waals surface area contributed by atoms with Crippen molar-refractivity contribution in [1.29, 1.82) is 0 Å². The lowest BCUT2D eigenvalue weighted by molar-refractivity contribution is 0.295. The van der Waals surface area contributed by atoms with Gasteiger partial charge < -0.3 is 4.90 Å². The highest BCUT2D eigenvalue weighted by Gasteiger charge is 2.32. The van der Waals surface area contributed by atoms with E-state index in [9.17, 15) is 0 Å². The summed E-state index contributed by atoms with van der Waals surface area (Å²) in [5.74, 6) is 1.39. The Morgan fingerprint density at radius 2 is 1.79 bits per heavy atom. The second kappa shape index (κ2) is 6.69. The summed E-state index contributed by atoms with van der Waals surface area (Å²) in [7, 11) is 1.45. The van der Waals surface area contributed by atoms with Crippen molar-refractivity contribution in [3.05, 3.63) is 11.5 Å². The van der Waals surface area contributed by atoms with E-state index in [0.29, 0.717) is 18.8 Å². The lowest BCUT2D eigenvalue weighted by Gasteiger charge is -2.47. The molecule has 0 spiro atoms. The molecule has 2 nitrogen and oxygen atoms in total. The van der Waals surface area contributed by atoms with Crippen molar-refractivity contribution in [3.63, 3.8) is 0 Å². The minimum absolute atomic E-state index is 0.605. The first-order valence-electron chi connectivity index (χ1n) is 7.53. The molecule has 1 rings (SSSR count). The zero-order valence-corrected chi connectivity index (χ0v) is 15.0. The van der Waals surface area contributed by atoms with Crippen LogP contribution in [0.4, 0.5) is 0 Å². The molecule has 1 aliphatic rings. The molecular weight excluding hydrogens is 251 g/mol. The maximum atomic E-state index is 2.72. The monoisotopic (exact) mass is 284 g/mol. The molecule has 19 heavy (non-hydrogen) atoms. The topological polar surface area (TPSA) is 6.48 Å². The molecular formula is C15H33BN2S. The third kappa shape index (κ3) is 4.54. The molecule has 0 aromatic heterocycles. The molecule has 0 aromatic carbocycles. The first-order valence-corrected chi connectivity index (χ1v) is 10.0. The summed E-state index contributed by atoms with van der Waals surface area (Å²) in [5.41, 5.74) is 0. The Bertz CT molecular complexity index is 315. The van der Waals surface area contributed by atoms with Crippen LogP contribution in [-0.2, 0) is 0 Å². The van der Waals surface area contributed by atoms with E-state index in [2.05, 4.69) is 74.7 Å². The highest BCUT2D eigenvalue weighted by molar-refractivity contribution is 8.33. The van der Waals surface area contributed by atoms with E-state index in [-0.39, 0.29) is 0 Å². The fourth-order valence-corrected chi connectivity index (χ4v) is 6.15. The Kier molecular flexibility index (Phi) is 6.03. The molecule has 1 heterocycles. The Hall–Kier alpha value is 0.0749. The van der Waals surface area contributed by atoms with E-state index in [0.717, 1.165) is 5.92 Å². The average Bonchev–Trinajstić information content (AvgIpc) is 2.25. The molecule has 1 aliphatic heterocycles. The highest BCUT2D eigenvalue weighted by atomic mass is 32.3. The van der Waals surface area contributed by atoms with Gasteiger partial charge in [-0.3, -0.25) is 4.22 Å². The van der Waals surface area contributed by atoms with Crippen molar-refractivity contribution in [2.45, 2.75) is 40.6 Å². The zero-order valence-electron chi connectivity index (χ0n) is 14.2. The van der Waals surface area contributed by atoms with Crippen LogP contribution in [0.2, 0.25) is 6.82 Å². The van der Waals surface area contributed by atoms with Gasteiger partial charge in [0.05, 0.1) is 0 Å². The highest BCUT2D eigenvalue weighted by Crippen LogP contribution is 2.48. The number of nitrogens with zero attached hydrogens (tertiary/aromatic N) is 2. The molecule has 0 N–H and O–H groups in total. The normalized spacial score (nSPS) is 28.3. The second-order valence-electron chi connectivity index (χ2n) is 7.11. The summed E-state index contributed by atoms with van der Waals surface area (Å²) in [6, 6.07) is 0.605. The van der Waals surface area contributed by atoms with Crippen LogP contribution in [0.15, 0.2) is 11.5 Å². The number of hydrogen-bond acceptors (Lipinski definition) is 2. The second-order valence-corrected chi connectivity index (χ2v) is 10.5. The largest absolute Gasteiger partial charge is 0.311 e. The van der Waals surface area contributed by atoms with Crippen molar-refractivity contribution >= 4 is 17.1 Å². The molecule has 0 saturated heterocycles. The van der Waals surface area contributed by atoms with Crippen LogP contribution in [0.25, 0.3) is 0 Å². The molecule has 0 saturated carbocycles. The first kappa shape index (κ1) is 17.1. The predicted octanol–water partition coefficient (Wildman–Crippen LogP) is 3.57. The van der Waals surface area contributed by atoms with Gasteiger partial charge in [0.25, 0.3) is 0 Å². The van der Waals surface area contributed by atoms with Crippen LogP contribution in [0.3, 0.4) is 0 Å². The van der Waals surface area contributed by atoms with Gasteiger partial charge in [0.15, 0.2) is 0 Å². The standard InChI is InChI=1S/C15H33BN2S/c1-13(2)15-9-10-19(7,8)18(14(3)4)16(5)12-17(6)11-15/h9-10,13-15H,11-12H2,1-8H3. The van der Waals surface area contributed by atoms with Gasteiger partial charge in [0, 0.05) is 12.6 Å². The maximum absolute atomic E-state index is 2.72. The Balaban J connectivity index is 3.08. The van der Waals surface area contributed by atoms with Gasteiger partial charge in [0.1, 0.15) is 0 Å². The minimum Gasteiger partial charge on any atom is -0.311 e. The minimum atomic E-state index is -0.819. The molecule has 4 heteroatoms. The number of rotatable bonds is 2. The van der Waals surface area contributed by atoms with Crippen LogP contribution in [0, 0.1) is 11.8 Å². The van der Waals surface area contributed by atoms with Crippen LogP contribution in [-0.4, -0.2) is 54.6 Å². The van der Waals surface area contributed by atoms with E-state index in [1.54, 1.807) is 0 Å². The molecule has 0 aliphatic carbocycles. The summed E-state index contributed by atoms with van der Waals surface area (Å²) in [6.07, 6.45) is 8.52. The summed E-state index contributed by atoms with van der Waals surface area (Å²) < 4.78 is 2.72. The third-order valence-electron chi connectivity index (χ3n) is 4.10. The molecule has 0 bridgehead atoms. The van der Waals surface area contributed by atoms with Gasteiger partial charge in [-0.25, -0.2) is 0 Å². The summed E-state index contributed by atoms with van der Waals surface area (Å²) in [6.45, 7) is 13.5. The quantitative estimate of drug-likeness (QED) is 0.715. The lowest BCUT2D eigenvalue weighted by atomic mass is 9.64. The van der Waals surface area contributed by atoms with Crippen LogP contribution in [0.1, 0.15) is 27.7 Å². The van der Waals surface area contributed by atoms with E-state index in [1.165, 1.54) is 13.0 Å². The van der Waals surface area contributed by atoms with E-state index >= 15 is 0 Å². The number of hydrogen-bond donors (Lipinski definition) is 0. The van der Waals surface area contributed by atoms with Crippen molar-refractivity contribution < 1.29 is 0 Å². The van der Waals surface area contributed by atoms with Crippen molar-refractivity contribution in [3.8, 4) is 0 Å². The van der Waals surface area contributed by atoms with Gasteiger partial charge in [-0.05, 0) is 43.2 Å².